The summed E-state index contributed by atoms with van der Waals surface area (Å²) in [7, 11) is 0. The van der Waals surface area contributed by atoms with Crippen molar-refractivity contribution < 1.29 is 18.0 Å². The Kier molecular flexibility index (Phi) is 10.5. The predicted octanol–water partition coefficient (Wildman–Crippen LogP) is 3.26. The molecule has 2 atom stereocenters. The van der Waals surface area contributed by atoms with Gasteiger partial charge in [0.25, 0.3) is 0 Å². The first-order valence-corrected chi connectivity index (χ1v) is 8.16. The van der Waals surface area contributed by atoms with E-state index in [-0.39, 0.29) is 37.3 Å². The summed E-state index contributed by atoms with van der Waals surface area (Å²) in [6.45, 7) is 2.22. The molecule has 0 saturated carbocycles. The molecule has 1 fully saturated rings. The summed E-state index contributed by atoms with van der Waals surface area (Å²) < 4.78 is 37.5. The summed E-state index contributed by atoms with van der Waals surface area (Å²) >= 11 is 0. The number of hydrogen-bond donors (Lipinski definition) is 1. The first-order valence-electron chi connectivity index (χ1n) is 8.16. The molecule has 1 saturated heterocycles. The molecule has 0 spiro atoms. The second-order valence-corrected chi connectivity index (χ2v) is 6.30. The van der Waals surface area contributed by atoms with Gasteiger partial charge in [-0.05, 0) is 12.0 Å². The maximum atomic E-state index is 12.7. The molecule has 2 rings (SSSR count). The Morgan fingerprint density at radius 1 is 1.12 bits per heavy atom. The van der Waals surface area contributed by atoms with Crippen LogP contribution in [0.2, 0.25) is 0 Å². The summed E-state index contributed by atoms with van der Waals surface area (Å²) in [5.74, 6) is -0.512. The van der Waals surface area contributed by atoms with E-state index in [2.05, 4.69) is 0 Å². The van der Waals surface area contributed by atoms with E-state index in [9.17, 15) is 18.0 Å². The van der Waals surface area contributed by atoms with Gasteiger partial charge < -0.3 is 10.6 Å². The molecule has 1 aliphatic heterocycles. The standard InChI is InChI=1S/C17H24F3N3O.2ClH/c1-13(15(21)14-6-3-2-4-7-14)16(24)23-9-5-8-22(10-11-23)12-17(18,19)20;;/h2-4,6-7,13,15H,5,8-12,21H2,1H3;2*1H. The summed E-state index contributed by atoms with van der Waals surface area (Å²) in [5, 5.41) is 0. The molecule has 1 heterocycles. The maximum Gasteiger partial charge on any atom is 0.401 e. The third-order valence-corrected chi connectivity index (χ3v) is 4.42. The molecule has 4 nitrogen and oxygen atoms in total. The highest BCUT2D eigenvalue weighted by Crippen LogP contribution is 2.22. The first kappa shape index (κ1) is 25.0. The van der Waals surface area contributed by atoms with Crippen molar-refractivity contribution in [3.63, 3.8) is 0 Å². The molecule has 26 heavy (non-hydrogen) atoms. The van der Waals surface area contributed by atoms with Gasteiger partial charge in [0.2, 0.25) is 5.91 Å². The lowest BCUT2D eigenvalue weighted by molar-refractivity contribution is -0.145. The monoisotopic (exact) mass is 415 g/mol. The first-order chi connectivity index (χ1) is 11.3. The number of alkyl halides is 3. The molecule has 1 amide bonds. The Bertz CT molecular complexity index is 546. The van der Waals surface area contributed by atoms with Crippen molar-refractivity contribution in [1.29, 1.82) is 0 Å². The summed E-state index contributed by atoms with van der Waals surface area (Å²) in [4.78, 5) is 15.7. The zero-order chi connectivity index (χ0) is 17.7. The van der Waals surface area contributed by atoms with Crippen LogP contribution in [0, 0.1) is 5.92 Å². The number of benzene rings is 1. The fourth-order valence-corrected chi connectivity index (χ4v) is 3.01. The Labute approximate surface area is 164 Å². The van der Waals surface area contributed by atoms with E-state index >= 15 is 0 Å². The van der Waals surface area contributed by atoms with Gasteiger partial charge in [-0.25, -0.2) is 0 Å². The third kappa shape index (κ3) is 7.31. The van der Waals surface area contributed by atoms with Gasteiger partial charge in [0.15, 0.2) is 0 Å². The van der Waals surface area contributed by atoms with Crippen LogP contribution in [-0.2, 0) is 4.79 Å². The highest BCUT2D eigenvalue weighted by molar-refractivity contribution is 5.85. The predicted molar refractivity (Wildman–Crippen MR) is 101 cm³/mol. The molecule has 2 unspecified atom stereocenters. The lowest BCUT2D eigenvalue weighted by Crippen LogP contribution is -2.42. The lowest BCUT2D eigenvalue weighted by atomic mass is 9.94. The normalized spacial score (nSPS) is 18.1. The third-order valence-electron chi connectivity index (χ3n) is 4.42. The highest BCUT2D eigenvalue weighted by Gasteiger charge is 2.33. The van der Waals surface area contributed by atoms with Crippen LogP contribution in [-0.4, -0.2) is 54.6 Å². The number of rotatable bonds is 4. The summed E-state index contributed by atoms with van der Waals surface area (Å²) in [6.07, 6.45) is -3.67. The van der Waals surface area contributed by atoms with E-state index in [1.807, 2.05) is 30.3 Å². The molecule has 0 aromatic heterocycles. The van der Waals surface area contributed by atoms with E-state index < -0.39 is 24.7 Å². The van der Waals surface area contributed by atoms with Crippen LogP contribution < -0.4 is 5.73 Å². The van der Waals surface area contributed by atoms with Crippen molar-refractivity contribution in [3.8, 4) is 0 Å². The number of halogens is 5. The Balaban J connectivity index is 0.00000312. The molecule has 150 valence electrons. The van der Waals surface area contributed by atoms with Crippen LogP contribution in [0.3, 0.4) is 0 Å². The molecule has 1 aliphatic rings. The number of nitrogens with two attached hydrogens (primary N) is 1. The quantitative estimate of drug-likeness (QED) is 0.820. The number of amides is 1. The Morgan fingerprint density at radius 3 is 2.31 bits per heavy atom. The second-order valence-electron chi connectivity index (χ2n) is 6.30. The van der Waals surface area contributed by atoms with Crippen molar-refractivity contribution in [3.05, 3.63) is 35.9 Å². The summed E-state index contributed by atoms with van der Waals surface area (Å²) in [6, 6.07) is 8.95. The lowest BCUT2D eigenvalue weighted by Gasteiger charge is -2.28. The fraction of sp³-hybridized carbons (Fsp3) is 0.588. The zero-order valence-corrected chi connectivity index (χ0v) is 16.2. The zero-order valence-electron chi connectivity index (χ0n) is 14.6. The van der Waals surface area contributed by atoms with Crippen LogP contribution in [0.25, 0.3) is 0 Å². The number of carbonyl (C=O) groups excluding carboxylic acids is 1. The highest BCUT2D eigenvalue weighted by atomic mass is 35.5. The molecule has 2 N–H and O–H groups in total. The van der Waals surface area contributed by atoms with E-state index in [0.29, 0.717) is 26.1 Å². The average Bonchev–Trinajstić information content (AvgIpc) is 2.77. The number of nitrogens with zero attached hydrogens (tertiary/aromatic N) is 2. The molecule has 0 aliphatic carbocycles. The summed E-state index contributed by atoms with van der Waals surface area (Å²) in [5.41, 5.74) is 7.07. The van der Waals surface area contributed by atoms with E-state index in [0.717, 1.165) is 5.56 Å². The van der Waals surface area contributed by atoms with Crippen LogP contribution in [0.15, 0.2) is 30.3 Å². The molecule has 1 aromatic rings. The van der Waals surface area contributed by atoms with Crippen LogP contribution >= 0.6 is 24.8 Å². The fourth-order valence-electron chi connectivity index (χ4n) is 3.01. The minimum absolute atomic E-state index is 0. The smallest absolute Gasteiger partial charge is 0.341 e. The molecular weight excluding hydrogens is 390 g/mol. The van der Waals surface area contributed by atoms with E-state index in [1.54, 1.807) is 11.8 Å². The van der Waals surface area contributed by atoms with Crippen molar-refractivity contribution >= 4 is 30.7 Å². The van der Waals surface area contributed by atoms with Gasteiger partial charge in [-0.1, -0.05) is 37.3 Å². The van der Waals surface area contributed by atoms with Gasteiger partial charge >= 0.3 is 6.18 Å². The number of hydrogen-bond acceptors (Lipinski definition) is 3. The Hall–Kier alpha value is -1.02. The van der Waals surface area contributed by atoms with Gasteiger partial charge in [-0.2, -0.15) is 13.2 Å². The SMILES string of the molecule is CC(C(=O)N1CCCN(CC(F)(F)F)CC1)C(N)c1ccccc1.Cl.Cl. The van der Waals surface area contributed by atoms with E-state index in [1.165, 1.54) is 4.90 Å². The molecule has 1 aromatic carbocycles. The minimum Gasteiger partial charge on any atom is -0.341 e. The average molecular weight is 416 g/mol. The molecule has 9 heteroatoms. The molecule has 0 radical (unpaired) electrons. The van der Waals surface area contributed by atoms with Gasteiger partial charge in [0.1, 0.15) is 0 Å². The van der Waals surface area contributed by atoms with Crippen molar-refractivity contribution in [1.82, 2.24) is 9.80 Å². The van der Waals surface area contributed by atoms with Crippen molar-refractivity contribution in [2.75, 3.05) is 32.7 Å². The number of carbonyl (C=O) groups is 1. The van der Waals surface area contributed by atoms with Gasteiger partial charge in [-0.3, -0.25) is 9.69 Å². The van der Waals surface area contributed by atoms with Crippen LogP contribution in [0.4, 0.5) is 13.2 Å². The molecular formula is C17H26Cl2F3N3O. The van der Waals surface area contributed by atoms with Gasteiger partial charge in [0.05, 0.1) is 12.5 Å². The van der Waals surface area contributed by atoms with Gasteiger partial charge in [-0.15, -0.1) is 24.8 Å². The molecule has 0 bridgehead atoms. The van der Waals surface area contributed by atoms with Crippen LogP contribution in [0.5, 0.6) is 0 Å². The van der Waals surface area contributed by atoms with Gasteiger partial charge in [0, 0.05) is 32.2 Å². The van der Waals surface area contributed by atoms with Crippen LogP contribution in [0.1, 0.15) is 24.9 Å². The largest absolute Gasteiger partial charge is 0.401 e. The topological polar surface area (TPSA) is 49.6 Å². The second kappa shape index (κ2) is 11.0. The van der Waals surface area contributed by atoms with Crippen molar-refractivity contribution in [2.24, 2.45) is 11.7 Å². The van der Waals surface area contributed by atoms with Crippen molar-refractivity contribution in [2.45, 2.75) is 25.6 Å². The maximum absolute atomic E-state index is 12.7. The van der Waals surface area contributed by atoms with E-state index in [4.69, 9.17) is 5.73 Å². The minimum atomic E-state index is -4.21. The Morgan fingerprint density at radius 2 is 1.73 bits per heavy atom.